The maximum atomic E-state index is 6.09. The fourth-order valence-electron chi connectivity index (χ4n) is 3.51. The molecule has 146 valence electrons. The number of anilines is 2. The molecule has 0 saturated carbocycles. The summed E-state index contributed by atoms with van der Waals surface area (Å²) in [4.78, 5) is 13.3. The van der Waals surface area contributed by atoms with Gasteiger partial charge in [-0.15, -0.1) is 0 Å². The fourth-order valence-corrected chi connectivity index (χ4v) is 3.51. The number of methoxy groups -OCH3 is 1. The second kappa shape index (κ2) is 8.02. The molecule has 0 N–H and O–H groups in total. The predicted octanol–water partition coefficient (Wildman–Crippen LogP) is 3.67. The van der Waals surface area contributed by atoms with Gasteiger partial charge in [-0.1, -0.05) is 18.2 Å². The molecule has 0 bridgehead atoms. The number of hydrogen-bond donors (Lipinski definition) is 0. The van der Waals surface area contributed by atoms with Gasteiger partial charge in [-0.2, -0.15) is 0 Å². The Morgan fingerprint density at radius 3 is 2.79 bits per heavy atom. The van der Waals surface area contributed by atoms with Crippen molar-refractivity contribution in [1.29, 1.82) is 0 Å². The molecule has 1 fully saturated rings. The number of rotatable bonds is 5. The first-order valence-electron chi connectivity index (χ1n) is 9.65. The number of hydrogen-bond acceptors (Lipinski definition) is 6. The highest BCUT2D eigenvalue weighted by Gasteiger charge is 2.23. The lowest BCUT2D eigenvalue weighted by Gasteiger charge is -2.34. The number of benzene rings is 2. The van der Waals surface area contributed by atoms with Crippen LogP contribution < -0.4 is 14.5 Å². The van der Waals surface area contributed by atoms with Gasteiger partial charge in [0.25, 0.3) is 0 Å². The van der Waals surface area contributed by atoms with Crippen molar-refractivity contribution < 1.29 is 9.47 Å². The van der Waals surface area contributed by atoms with Crippen molar-refractivity contribution in [1.82, 2.24) is 9.97 Å². The SMILES string of the molecule is CCN(C)c1cc(N2CCOC(c3ccc4cc(OC)ccc4c3)C2)ncn1. The van der Waals surface area contributed by atoms with Gasteiger partial charge in [0.1, 0.15) is 29.8 Å². The molecule has 0 aliphatic carbocycles. The quantitative estimate of drug-likeness (QED) is 0.675. The second-order valence-electron chi connectivity index (χ2n) is 7.03. The largest absolute Gasteiger partial charge is 0.497 e. The smallest absolute Gasteiger partial charge is 0.134 e. The summed E-state index contributed by atoms with van der Waals surface area (Å²) in [5.74, 6) is 2.76. The molecule has 0 spiro atoms. The molecule has 3 aromatic rings. The minimum atomic E-state index is 0.0163. The summed E-state index contributed by atoms with van der Waals surface area (Å²) in [6, 6.07) is 14.7. The lowest BCUT2D eigenvalue weighted by molar-refractivity contribution is 0.0396. The molecule has 1 saturated heterocycles. The van der Waals surface area contributed by atoms with Crippen LogP contribution in [0.2, 0.25) is 0 Å². The molecule has 1 aromatic heterocycles. The molecule has 1 aliphatic heterocycles. The Morgan fingerprint density at radius 2 is 1.96 bits per heavy atom. The Balaban J connectivity index is 1.56. The Morgan fingerprint density at radius 1 is 1.14 bits per heavy atom. The number of morpholine rings is 1. The van der Waals surface area contributed by atoms with Crippen LogP contribution in [0.25, 0.3) is 10.8 Å². The van der Waals surface area contributed by atoms with E-state index in [2.05, 4.69) is 63.1 Å². The molecular weight excluding hydrogens is 352 g/mol. The van der Waals surface area contributed by atoms with Crippen molar-refractivity contribution in [2.45, 2.75) is 13.0 Å². The predicted molar refractivity (Wildman–Crippen MR) is 112 cm³/mol. The molecule has 6 nitrogen and oxygen atoms in total. The van der Waals surface area contributed by atoms with E-state index in [1.165, 1.54) is 16.3 Å². The number of fused-ring (bicyclic) bond motifs is 1. The maximum Gasteiger partial charge on any atom is 0.134 e. The Labute approximate surface area is 165 Å². The summed E-state index contributed by atoms with van der Waals surface area (Å²) in [6.45, 7) is 5.29. The highest BCUT2D eigenvalue weighted by molar-refractivity contribution is 5.84. The van der Waals surface area contributed by atoms with Crippen LogP contribution in [0.1, 0.15) is 18.6 Å². The van der Waals surface area contributed by atoms with Gasteiger partial charge in [0, 0.05) is 32.7 Å². The van der Waals surface area contributed by atoms with Crippen molar-refractivity contribution in [2.75, 3.05) is 50.2 Å². The van der Waals surface area contributed by atoms with Crippen molar-refractivity contribution >= 4 is 22.4 Å². The lowest BCUT2D eigenvalue weighted by atomic mass is 10.0. The first-order valence-corrected chi connectivity index (χ1v) is 9.65. The molecule has 2 aromatic carbocycles. The van der Waals surface area contributed by atoms with Gasteiger partial charge in [0.05, 0.1) is 13.7 Å². The van der Waals surface area contributed by atoms with Crippen LogP contribution in [0.5, 0.6) is 5.75 Å². The number of nitrogens with zero attached hydrogens (tertiary/aromatic N) is 4. The first-order chi connectivity index (χ1) is 13.7. The average Bonchev–Trinajstić information content (AvgIpc) is 2.78. The Kier molecular flexibility index (Phi) is 5.30. The van der Waals surface area contributed by atoms with Crippen LogP contribution in [0.15, 0.2) is 48.8 Å². The van der Waals surface area contributed by atoms with Gasteiger partial charge in [-0.25, -0.2) is 9.97 Å². The minimum Gasteiger partial charge on any atom is -0.497 e. The third-order valence-electron chi connectivity index (χ3n) is 5.34. The van der Waals surface area contributed by atoms with E-state index in [1.807, 2.05) is 13.1 Å². The topological polar surface area (TPSA) is 50.7 Å². The van der Waals surface area contributed by atoms with E-state index >= 15 is 0 Å². The number of ether oxygens (including phenoxy) is 2. The molecule has 4 rings (SSSR count). The van der Waals surface area contributed by atoms with Crippen LogP contribution in [-0.4, -0.2) is 50.4 Å². The third-order valence-corrected chi connectivity index (χ3v) is 5.34. The molecule has 2 heterocycles. The fraction of sp³-hybridized carbons (Fsp3) is 0.364. The summed E-state index contributed by atoms with van der Waals surface area (Å²) >= 11 is 0. The molecule has 1 atom stereocenters. The standard InChI is InChI=1S/C22H26N4O2/c1-4-25(2)21-13-22(24-15-23-21)26-9-10-28-20(14-26)18-6-5-17-12-19(27-3)8-7-16(17)11-18/h5-8,11-13,15,20H,4,9-10,14H2,1-3H3. The van der Waals surface area contributed by atoms with E-state index in [4.69, 9.17) is 9.47 Å². The highest BCUT2D eigenvalue weighted by atomic mass is 16.5. The van der Waals surface area contributed by atoms with Gasteiger partial charge in [0.15, 0.2) is 0 Å². The zero-order chi connectivity index (χ0) is 19.5. The summed E-state index contributed by atoms with van der Waals surface area (Å²) in [7, 11) is 3.73. The normalized spacial score (nSPS) is 17.0. The molecule has 1 unspecified atom stereocenters. The van der Waals surface area contributed by atoms with Crippen molar-refractivity contribution in [3.05, 3.63) is 54.4 Å². The molecule has 0 radical (unpaired) electrons. The first kappa shape index (κ1) is 18.5. The van der Waals surface area contributed by atoms with Crippen LogP contribution in [-0.2, 0) is 4.74 Å². The Hall–Kier alpha value is -2.86. The maximum absolute atomic E-state index is 6.09. The molecular formula is C22H26N4O2. The van der Waals surface area contributed by atoms with Gasteiger partial charge < -0.3 is 19.3 Å². The van der Waals surface area contributed by atoms with E-state index < -0.39 is 0 Å². The van der Waals surface area contributed by atoms with E-state index in [0.29, 0.717) is 6.61 Å². The van der Waals surface area contributed by atoms with E-state index in [-0.39, 0.29) is 6.10 Å². The van der Waals surface area contributed by atoms with E-state index in [9.17, 15) is 0 Å². The van der Waals surface area contributed by atoms with Crippen molar-refractivity contribution in [3.8, 4) is 5.75 Å². The summed E-state index contributed by atoms with van der Waals surface area (Å²) in [5.41, 5.74) is 1.18. The third kappa shape index (κ3) is 3.73. The highest BCUT2D eigenvalue weighted by Crippen LogP contribution is 2.29. The lowest BCUT2D eigenvalue weighted by Crippen LogP contribution is -2.39. The van der Waals surface area contributed by atoms with Gasteiger partial charge in [0.2, 0.25) is 0 Å². The van der Waals surface area contributed by atoms with E-state index in [0.717, 1.165) is 37.0 Å². The van der Waals surface area contributed by atoms with Gasteiger partial charge >= 0.3 is 0 Å². The second-order valence-corrected chi connectivity index (χ2v) is 7.03. The zero-order valence-electron chi connectivity index (χ0n) is 16.6. The van der Waals surface area contributed by atoms with E-state index in [1.54, 1.807) is 13.4 Å². The van der Waals surface area contributed by atoms with Crippen LogP contribution >= 0.6 is 0 Å². The molecule has 28 heavy (non-hydrogen) atoms. The summed E-state index contributed by atoms with van der Waals surface area (Å²) in [6.07, 6.45) is 1.66. The van der Waals surface area contributed by atoms with Gasteiger partial charge in [-0.05, 0) is 41.5 Å². The van der Waals surface area contributed by atoms with Crippen LogP contribution in [0.4, 0.5) is 11.6 Å². The number of aromatic nitrogens is 2. The van der Waals surface area contributed by atoms with Crippen LogP contribution in [0, 0.1) is 0 Å². The summed E-state index contributed by atoms with van der Waals surface area (Å²) in [5, 5.41) is 2.35. The summed E-state index contributed by atoms with van der Waals surface area (Å²) < 4.78 is 11.4. The monoisotopic (exact) mass is 378 g/mol. The Bertz CT molecular complexity index is 962. The minimum absolute atomic E-state index is 0.0163. The zero-order valence-corrected chi connectivity index (χ0v) is 16.6. The average molecular weight is 378 g/mol. The van der Waals surface area contributed by atoms with Crippen molar-refractivity contribution in [3.63, 3.8) is 0 Å². The molecule has 0 amide bonds. The molecule has 6 heteroatoms. The van der Waals surface area contributed by atoms with Gasteiger partial charge in [-0.3, -0.25) is 0 Å². The van der Waals surface area contributed by atoms with Crippen LogP contribution in [0.3, 0.4) is 0 Å². The molecule has 1 aliphatic rings. The van der Waals surface area contributed by atoms with Crippen molar-refractivity contribution in [2.24, 2.45) is 0 Å².